The molecule has 1 aromatic carbocycles. The molecule has 0 amide bonds. The zero-order valence-electron chi connectivity index (χ0n) is 12.8. The zero-order chi connectivity index (χ0) is 15.2. The summed E-state index contributed by atoms with van der Waals surface area (Å²) in [6.07, 6.45) is 0.587. The lowest BCUT2D eigenvalue weighted by Gasteiger charge is -2.33. The molecule has 0 aromatic heterocycles. The second kappa shape index (κ2) is 7.29. The van der Waals surface area contributed by atoms with Crippen LogP contribution in [0.1, 0.15) is 39.7 Å². The molecule has 1 aromatic rings. The van der Waals surface area contributed by atoms with Gasteiger partial charge >= 0.3 is 5.97 Å². The third-order valence-corrected chi connectivity index (χ3v) is 3.33. The molecule has 0 bridgehead atoms. The first-order chi connectivity index (χ1) is 9.46. The first-order valence-corrected chi connectivity index (χ1v) is 7.18. The van der Waals surface area contributed by atoms with E-state index in [1.807, 2.05) is 6.92 Å². The van der Waals surface area contributed by atoms with Gasteiger partial charge in [0.15, 0.2) is 0 Å². The molecule has 20 heavy (non-hydrogen) atoms. The first kappa shape index (κ1) is 16.5. The van der Waals surface area contributed by atoms with Crippen LogP contribution >= 0.6 is 0 Å². The Hall–Kier alpha value is -1.55. The summed E-state index contributed by atoms with van der Waals surface area (Å²) < 4.78 is 5.25. The van der Waals surface area contributed by atoms with E-state index in [2.05, 4.69) is 19.2 Å². The lowest BCUT2D eigenvalue weighted by molar-refractivity contribution is -0.152. The molecule has 112 valence electrons. The van der Waals surface area contributed by atoms with E-state index < -0.39 is 5.54 Å². The van der Waals surface area contributed by atoms with Crippen molar-refractivity contribution in [2.24, 2.45) is 5.92 Å². The first-order valence-electron chi connectivity index (χ1n) is 7.18. The highest BCUT2D eigenvalue weighted by Gasteiger charge is 2.39. The average Bonchev–Trinajstić information content (AvgIpc) is 2.41. The molecule has 2 N–H and O–H groups in total. The maximum atomic E-state index is 12.4. The SMILES string of the molecule is CCOC(=O)C(CC)(NCC(C)C)c1ccc(O)cc1. The minimum absolute atomic E-state index is 0.187. The minimum Gasteiger partial charge on any atom is -0.508 e. The van der Waals surface area contributed by atoms with E-state index in [1.54, 1.807) is 31.2 Å². The van der Waals surface area contributed by atoms with Gasteiger partial charge in [0.1, 0.15) is 11.3 Å². The van der Waals surface area contributed by atoms with Crippen LogP contribution in [0.3, 0.4) is 0 Å². The number of benzene rings is 1. The van der Waals surface area contributed by atoms with Gasteiger partial charge in [0, 0.05) is 0 Å². The summed E-state index contributed by atoms with van der Waals surface area (Å²) in [5.74, 6) is 0.341. The highest BCUT2D eigenvalue weighted by Crippen LogP contribution is 2.28. The van der Waals surface area contributed by atoms with Crippen molar-refractivity contribution in [2.75, 3.05) is 13.2 Å². The number of hydrogen-bond acceptors (Lipinski definition) is 4. The number of rotatable bonds is 7. The molecular formula is C16H25NO3. The Labute approximate surface area is 121 Å². The molecule has 0 spiro atoms. The number of carbonyl (C=O) groups excluding carboxylic acids is 1. The molecule has 0 radical (unpaired) electrons. The van der Waals surface area contributed by atoms with Gasteiger partial charge in [-0.25, -0.2) is 4.79 Å². The summed E-state index contributed by atoms with van der Waals surface area (Å²) >= 11 is 0. The Balaban J connectivity index is 3.15. The summed E-state index contributed by atoms with van der Waals surface area (Å²) in [6, 6.07) is 6.72. The fourth-order valence-corrected chi connectivity index (χ4v) is 2.14. The maximum Gasteiger partial charge on any atom is 0.330 e. The number of nitrogens with one attached hydrogen (secondary N) is 1. The molecule has 4 heteroatoms. The standard InChI is InChI=1S/C16H25NO3/c1-5-16(15(19)20-6-2,17-11-12(3)4)13-7-9-14(18)10-8-13/h7-10,12,17-18H,5-6,11H2,1-4H3. The minimum atomic E-state index is -0.853. The van der Waals surface area contributed by atoms with E-state index in [4.69, 9.17) is 4.74 Å². The topological polar surface area (TPSA) is 58.6 Å². The Morgan fingerprint density at radius 1 is 1.30 bits per heavy atom. The Morgan fingerprint density at radius 2 is 1.90 bits per heavy atom. The van der Waals surface area contributed by atoms with Crippen molar-refractivity contribution in [3.8, 4) is 5.75 Å². The van der Waals surface area contributed by atoms with Crippen LogP contribution in [0.15, 0.2) is 24.3 Å². The fraction of sp³-hybridized carbons (Fsp3) is 0.562. The predicted molar refractivity (Wildman–Crippen MR) is 79.5 cm³/mol. The fourth-order valence-electron chi connectivity index (χ4n) is 2.14. The molecular weight excluding hydrogens is 254 g/mol. The van der Waals surface area contributed by atoms with Crippen LogP contribution in [0.25, 0.3) is 0 Å². The molecule has 0 saturated heterocycles. The zero-order valence-corrected chi connectivity index (χ0v) is 12.8. The molecule has 0 fully saturated rings. The van der Waals surface area contributed by atoms with Crippen LogP contribution in [0.2, 0.25) is 0 Å². The second-order valence-corrected chi connectivity index (χ2v) is 5.30. The van der Waals surface area contributed by atoms with Crippen LogP contribution in [-0.4, -0.2) is 24.2 Å². The Bertz CT molecular complexity index is 428. The Kier molecular flexibility index (Phi) is 6.02. The van der Waals surface area contributed by atoms with Gasteiger partial charge in [0.2, 0.25) is 0 Å². The average molecular weight is 279 g/mol. The molecule has 1 rings (SSSR count). The summed E-state index contributed by atoms with van der Waals surface area (Å²) in [5.41, 5.74) is -0.0366. The molecule has 0 aliphatic rings. The van der Waals surface area contributed by atoms with Crippen LogP contribution in [-0.2, 0) is 15.1 Å². The van der Waals surface area contributed by atoms with Crippen molar-refractivity contribution < 1.29 is 14.6 Å². The lowest BCUT2D eigenvalue weighted by atomic mass is 9.86. The second-order valence-electron chi connectivity index (χ2n) is 5.30. The molecule has 0 saturated carbocycles. The van der Waals surface area contributed by atoms with Crippen molar-refractivity contribution in [3.05, 3.63) is 29.8 Å². The quantitative estimate of drug-likeness (QED) is 0.754. The monoisotopic (exact) mass is 279 g/mol. The molecule has 0 aliphatic heterocycles. The van der Waals surface area contributed by atoms with E-state index in [1.165, 1.54) is 0 Å². The van der Waals surface area contributed by atoms with E-state index in [9.17, 15) is 9.90 Å². The third kappa shape index (κ3) is 3.73. The van der Waals surface area contributed by atoms with Gasteiger partial charge in [-0.2, -0.15) is 0 Å². The van der Waals surface area contributed by atoms with Crippen LogP contribution in [0, 0.1) is 5.92 Å². The van der Waals surface area contributed by atoms with Crippen LogP contribution in [0.5, 0.6) is 5.75 Å². The highest BCUT2D eigenvalue weighted by atomic mass is 16.5. The smallest absolute Gasteiger partial charge is 0.330 e. The molecule has 0 heterocycles. The Morgan fingerprint density at radius 3 is 2.35 bits per heavy atom. The van der Waals surface area contributed by atoms with E-state index in [-0.39, 0.29) is 11.7 Å². The van der Waals surface area contributed by atoms with Crippen molar-refractivity contribution in [1.29, 1.82) is 0 Å². The molecule has 1 atom stereocenters. The summed E-state index contributed by atoms with van der Waals surface area (Å²) in [5, 5.41) is 12.8. The number of hydrogen-bond donors (Lipinski definition) is 2. The van der Waals surface area contributed by atoms with E-state index in [0.29, 0.717) is 25.5 Å². The van der Waals surface area contributed by atoms with Crippen LogP contribution in [0.4, 0.5) is 0 Å². The van der Waals surface area contributed by atoms with Gasteiger partial charge in [0.05, 0.1) is 6.61 Å². The van der Waals surface area contributed by atoms with Gasteiger partial charge < -0.3 is 9.84 Å². The van der Waals surface area contributed by atoms with E-state index in [0.717, 1.165) is 5.56 Å². The predicted octanol–water partition coefficient (Wildman–Crippen LogP) is 2.81. The summed E-state index contributed by atoms with van der Waals surface area (Å²) in [7, 11) is 0. The number of ether oxygens (including phenoxy) is 1. The van der Waals surface area contributed by atoms with Crippen molar-refractivity contribution in [1.82, 2.24) is 5.32 Å². The summed E-state index contributed by atoms with van der Waals surface area (Å²) in [6.45, 7) is 9.01. The molecule has 0 aliphatic carbocycles. The molecule has 4 nitrogen and oxygen atoms in total. The number of carbonyl (C=O) groups is 1. The largest absolute Gasteiger partial charge is 0.508 e. The van der Waals surface area contributed by atoms with Crippen molar-refractivity contribution in [3.63, 3.8) is 0 Å². The highest BCUT2D eigenvalue weighted by molar-refractivity contribution is 5.82. The van der Waals surface area contributed by atoms with Gasteiger partial charge in [-0.15, -0.1) is 0 Å². The number of aromatic hydroxyl groups is 1. The van der Waals surface area contributed by atoms with Gasteiger partial charge in [-0.05, 0) is 43.5 Å². The summed E-state index contributed by atoms with van der Waals surface area (Å²) in [4.78, 5) is 12.4. The number of phenolic OH excluding ortho intramolecular Hbond substituents is 1. The van der Waals surface area contributed by atoms with Crippen molar-refractivity contribution in [2.45, 2.75) is 39.7 Å². The maximum absolute atomic E-state index is 12.4. The van der Waals surface area contributed by atoms with Gasteiger partial charge in [0.25, 0.3) is 0 Å². The van der Waals surface area contributed by atoms with Gasteiger partial charge in [-0.3, -0.25) is 5.32 Å². The van der Waals surface area contributed by atoms with Crippen molar-refractivity contribution >= 4 is 5.97 Å². The normalized spacial score (nSPS) is 14.1. The lowest BCUT2D eigenvalue weighted by Crippen LogP contribution is -2.51. The van der Waals surface area contributed by atoms with Crippen LogP contribution < -0.4 is 5.32 Å². The molecule has 1 unspecified atom stereocenters. The van der Waals surface area contributed by atoms with Gasteiger partial charge in [-0.1, -0.05) is 32.9 Å². The number of esters is 1. The third-order valence-electron chi connectivity index (χ3n) is 3.33. The number of phenols is 1. The van der Waals surface area contributed by atoms with E-state index >= 15 is 0 Å².